The Balaban J connectivity index is 2.92. The second-order valence-electron chi connectivity index (χ2n) is 3.99. The molecule has 5 nitrogen and oxygen atoms in total. The molecular formula is C12H14F3NO4S. The highest BCUT2D eigenvalue weighted by atomic mass is 32.2. The molecular weight excluding hydrogens is 311 g/mol. The maximum atomic E-state index is 12.2. The number of alkyl halides is 3. The molecule has 1 aromatic carbocycles. The number of rotatable bonds is 5. The molecule has 0 unspecified atom stereocenters. The van der Waals surface area contributed by atoms with E-state index < -0.39 is 21.4 Å². The largest absolute Gasteiger partial charge is 0.534 e. The van der Waals surface area contributed by atoms with E-state index >= 15 is 0 Å². The van der Waals surface area contributed by atoms with Gasteiger partial charge in [0.1, 0.15) is 5.75 Å². The highest BCUT2D eigenvalue weighted by molar-refractivity contribution is 7.87. The summed E-state index contributed by atoms with van der Waals surface area (Å²) in [6.07, 6.45) is 0. The molecule has 118 valence electrons. The fourth-order valence-corrected chi connectivity index (χ4v) is 1.98. The molecule has 0 radical (unpaired) electrons. The standard InChI is InChI=1S/C12H14F3NO4S/c1-3-16(4-2)11(17)9-5-7-10(8-6-9)20-21(18,19)12(13,14)15/h5-8H,3-4H2,1-2H3. The average Bonchev–Trinajstić information content (AvgIpc) is 2.39. The van der Waals surface area contributed by atoms with Gasteiger partial charge in [-0.25, -0.2) is 0 Å². The number of benzene rings is 1. The van der Waals surface area contributed by atoms with Crippen LogP contribution in [0.3, 0.4) is 0 Å². The van der Waals surface area contributed by atoms with Crippen molar-refractivity contribution in [2.45, 2.75) is 19.4 Å². The molecule has 0 spiro atoms. The maximum Gasteiger partial charge on any atom is 0.534 e. The smallest absolute Gasteiger partial charge is 0.376 e. The van der Waals surface area contributed by atoms with Crippen LogP contribution in [0.15, 0.2) is 24.3 Å². The molecule has 0 atom stereocenters. The van der Waals surface area contributed by atoms with Crippen molar-refractivity contribution >= 4 is 16.0 Å². The van der Waals surface area contributed by atoms with Crippen LogP contribution in [0, 0.1) is 0 Å². The van der Waals surface area contributed by atoms with E-state index in [1.54, 1.807) is 13.8 Å². The van der Waals surface area contributed by atoms with E-state index in [1.165, 1.54) is 17.0 Å². The summed E-state index contributed by atoms with van der Waals surface area (Å²) >= 11 is 0. The molecule has 0 bridgehead atoms. The minimum Gasteiger partial charge on any atom is -0.376 e. The van der Waals surface area contributed by atoms with Gasteiger partial charge in [0.2, 0.25) is 0 Å². The number of carbonyl (C=O) groups is 1. The van der Waals surface area contributed by atoms with E-state index in [9.17, 15) is 26.4 Å². The van der Waals surface area contributed by atoms with Crippen molar-refractivity contribution in [3.05, 3.63) is 29.8 Å². The first-order valence-corrected chi connectivity index (χ1v) is 7.43. The van der Waals surface area contributed by atoms with E-state index in [0.29, 0.717) is 13.1 Å². The van der Waals surface area contributed by atoms with Gasteiger partial charge in [-0.1, -0.05) is 0 Å². The van der Waals surface area contributed by atoms with Gasteiger partial charge in [0, 0.05) is 18.7 Å². The monoisotopic (exact) mass is 325 g/mol. The van der Waals surface area contributed by atoms with Crippen LogP contribution in [0.4, 0.5) is 13.2 Å². The first-order chi connectivity index (χ1) is 9.62. The molecule has 1 aromatic rings. The van der Waals surface area contributed by atoms with Crippen LogP contribution >= 0.6 is 0 Å². The molecule has 0 saturated heterocycles. The molecule has 0 aliphatic carbocycles. The highest BCUT2D eigenvalue weighted by Crippen LogP contribution is 2.27. The number of carbonyl (C=O) groups excluding carboxylic acids is 1. The topological polar surface area (TPSA) is 63.7 Å². The zero-order valence-electron chi connectivity index (χ0n) is 11.3. The Hall–Kier alpha value is -1.77. The Morgan fingerprint density at radius 1 is 1.14 bits per heavy atom. The first-order valence-electron chi connectivity index (χ1n) is 6.02. The average molecular weight is 325 g/mol. The van der Waals surface area contributed by atoms with E-state index in [4.69, 9.17) is 0 Å². The Morgan fingerprint density at radius 3 is 2.00 bits per heavy atom. The summed E-state index contributed by atoms with van der Waals surface area (Å²) in [5, 5.41) is 0. The normalized spacial score (nSPS) is 12.0. The summed E-state index contributed by atoms with van der Waals surface area (Å²) < 4.78 is 62.0. The number of halogens is 3. The Labute approximate surface area is 120 Å². The van der Waals surface area contributed by atoms with Crippen LogP contribution in [0.1, 0.15) is 24.2 Å². The fourth-order valence-electron chi connectivity index (χ4n) is 1.52. The van der Waals surface area contributed by atoms with E-state index in [-0.39, 0.29) is 11.5 Å². The van der Waals surface area contributed by atoms with Gasteiger partial charge >= 0.3 is 15.6 Å². The Morgan fingerprint density at radius 2 is 1.62 bits per heavy atom. The van der Waals surface area contributed by atoms with Gasteiger partial charge < -0.3 is 9.08 Å². The lowest BCUT2D eigenvalue weighted by Crippen LogP contribution is -2.30. The second-order valence-corrected chi connectivity index (χ2v) is 5.52. The minimum absolute atomic E-state index is 0.232. The molecule has 0 heterocycles. The van der Waals surface area contributed by atoms with E-state index in [2.05, 4.69) is 4.18 Å². The lowest BCUT2D eigenvalue weighted by Gasteiger charge is -2.18. The number of hydrogen-bond donors (Lipinski definition) is 0. The van der Waals surface area contributed by atoms with Crippen LogP contribution in [0.2, 0.25) is 0 Å². The molecule has 0 saturated carbocycles. The Bertz CT molecular complexity index is 592. The highest BCUT2D eigenvalue weighted by Gasteiger charge is 2.48. The third kappa shape index (κ3) is 4.10. The summed E-state index contributed by atoms with van der Waals surface area (Å²) in [7, 11) is -5.70. The summed E-state index contributed by atoms with van der Waals surface area (Å²) in [5.74, 6) is -0.811. The molecule has 0 fully saturated rings. The number of amides is 1. The van der Waals surface area contributed by atoms with Crippen molar-refractivity contribution in [1.29, 1.82) is 0 Å². The molecule has 0 N–H and O–H groups in total. The van der Waals surface area contributed by atoms with Gasteiger partial charge in [-0.05, 0) is 38.1 Å². The second kappa shape index (κ2) is 6.33. The summed E-state index contributed by atoms with van der Waals surface area (Å²) in [5.41, 5.74) is -5.27. The van der Waals surface area contributed by atoms with Crippen LogP contribution < -0.4 is 4.18 Å². The first kappa shape index (κ1) is 17.3. The molecule has 0 aliphatic rings. The quantitative estimate of drug-likeness (QED) is 0.616. The number of nitrogens with zero attached hydrogens (tertiary/aromatic N) is 1. The van der Waals surface area contributed by atoms with Gasteiger partial charge in [-0.15, -0.1) is 0 Å². The van der Waals surface area contributed by atoms with Crippen LogP contribution in [-0.4, -0.2) is 37.8 Å². The van der Waals surface area contributed by atoms with E-state index in [1.807, 2.05) is 0 Å². The molecule has 1 rings (SSSR count). The zero-order chi connectivity index (χ0) is 16.3. The summed E-state index contributed by atoms with van der Waals surface area (Å²) in [4.78, 5) is 13.5. The Kier molecular flexibility index (Phi) is 5.21. The third-order valence-electron chi connectivity index (χ3n) is 2.64. The van der Waals surface area contributed by atoms with Crippen molar-refractivity contribution < 1.29 is 30.6 Å². The van der Waals surface area contributed by atoms with Crippen molar-refractivity contribution in [3.8, 4) is 5.75 Å². The fraction of sp³-hybridized carbons (Fsp3) is 0.417. The molecule has 21 heavy (non-hydrogen) atoms. The maximum absolute atomic E-state index is 12.2. The van der Waals surface area contributed by atoms with Gasteiger partial charge in [0.25, 0.3) is 5.91 Å². The van der Waals surface area contributed by atoms with Crippen LogP contribution in [0.5, 0.6) is 5.75 Å². The lowest BCUT2D eigenvalue weighted by molar-refractivity contribution is -0.0500. The predicted molar refractivity (Wildman–Crippen MR) is 69.3 cm³/mol. The van der Waals surface area contributed by atoms with E-state index in [0.717, 1.165) is 12.1 Å². The molecule has 0 aromatic heterocycles. The van der Waals surface area contributed by atoms with Crippen LogP contribution in [0.25, 0.3) is 0 Å². The van der Waals surface area contributed by atoms with Gasteiger partial charge in [0.05, 0.1) is 0 Å². The van der Waals surface area contributed by atoms with Gasteiger partial charge in [-0.3, -0.25) is 4.79 Å². The summed E-state index contributed by atoms with van der Waals surface area (Å²) in [6.45, 7) is 4.54. The van der Waals surface area contributed by atoms with Crippen molar-refractivity contribution in [2.75, 3.05) is 13.1 Å². The van der Waals surface area contributed by atoms with Crippen molar-refractivity contribution in [2.24, 2.45) is 0 Å². The third-order valence-corrected chi connectivity index (χ3v) is 3.62. The van der Waals surface area contributed by atoms with Gasteiger partial charge in [-0.2, -0.15) is 21.6 Å². The molecule has 9 heteroatoms. The number of hydrogen-bond acceptors (Lipinski definition) is 4. The molecule has 0 aliphatic heterocycles. The summed E-state index contributed by atoms with van der Waals surface area (Å²) in [6, 6.07) is 4.42. The SMILES string of the molecule is CCN(CC)C(=O)c1ccc(OS(=O)(=O)C(F)(F)F)cc1. The van der Waals surface area contributed by atoms with Crippen LogP contribution in [-0.2, 0) is 10.1 Å². The minimum atomic E-state index is -5.70. The molecule has 1 amide bonds. The predicted octanol–water partition coefficient (Wildman–Crippen LogP) is 2.40. The van der Waals surface area contributed by atoms with Gasteiger partial charge in [0.15, 0.2) is 0 Å². The van der Waals surface area contributed by atoms with Crippen molar-refractivity contribution in [3.63, 3.8) is 0 Å². The zero-order valence-corrected chi connectivity index (χ0v) is 12.2. The lowest BCUT2D eigenvalue weighted by atomic mass is 10.2. The van der Waals surface area contributed by atoms with Crippen molar-refractivity contribution in [1.82, 2.24) is 4.90 Å².